The van der Waals surface area contributed by atoms with Crippen LogP contribution in [0.2, 0.25) is 0 Å². The standard InChI is InChI=1S/C13H11NO3/c14-6-5-11(15)10-7-12(16)8-3-1-2-4-9(8)13(10)17/h1-4,7H,5-6,14H2. The molecular weight excluding hydrogens is 218 g/mol. The summed E-state index contributed by atoms with van der Waals surface area (Å²) in [5.74, 6) is -1.07. The number of Topliss-reactive ketones (excluding diaryl/α,β-unsaturated/α-hetero) is 2. The van der Waals surface area contributed by atoms with Crippen molar-refractivity contribution in [3.63, 3.8) is 0 Å². The SMILES string of the molecule is NCCC(=O)C1=CC(=O)c2ccccc2C1=O. The third-order valence-electron chi connectivity index (χ3n) is 2.63. The molecule has 0 amide bonds. The Morgan fingerprint density at radius 1 is 1.12 bits per heavy atom. The molecule has 4 nitrogen and oxygen atoms in total. The number of carbonyl (C=O) groups is 3. The van der Waals surface area contributed by atoms with E-state index in [0.29, 0.717) is 11.1 Å². The molecule has 0 unspecified atom stereocenters. The first-order chi connectivity index (χ1) is 8.15. The van der Waals surface area contributed by atoms with Gasteiger partial charge in [0.25, 0.3) is 0 Å². The van der Waals surface area contributed by atoms with Crippen molar-refractivity contribution in [3.05, 3.63) is 47.0 Å². The molecule has 1 aromatic rings. The van der Waals surface area contributed by atoms with E-state index in [1.165, 1.54) is 0 Å². The number of ketones is 3. The quantitative estimate of drug-likeness (QED) is 0.781. The molecule has 0 aliphatic heterocycles. The Hall–Kier alpha value is -2.07. The van der Waals surface area contributed by atoms with E-state index >= 15 is 0 Å². The van der Waals surface area contributed by atoms with Crippen molar-refractivity contribution in [2.45, 2.75) is 6.42 Å². The maximum absolute atomic E-state index is 12.0. The highest BCUT2D eigenvalue weighted by Gasteiger charge is 2.28. The summed E-state index contributed by atoms with van der Waals surface area (Å²) in [6, 6.07) is 6.49. The number of allylic oxidation sites excluding steroid dienone is 2. The highest BCUT2D eigenvalue weighted by Crippen LogP contribution is 2.21. The fraction of sp³-hybridized carbons (Fsp3) is 0.154. The van der Waals surface area contributed by atoms with Crippen LogP contribution in [0.1, 0.15) is 27.1 Å². The van der Waals surface area contributed by atoms with Crippen molar-refractivity contribution in [1.29, 1.82) is 0 Å². The molecule has 17 heavy (non-hydrogen) atoms. The van der Waals surface area contributed by atoms with Gasteiger partial charge in [-0.1, -0.05) is 24.3 Å². The number of nitrogens with two attached hydrogens (primary N) is 1. The van der Waals surface area contributed by atoms with Crippen LogP contribution in [0.3, 0.4) is 0 Å². The predicted octanol–water partition coefficient (Wildman–Crippen LogP) is 0.910. The Kier molecular flexibility index (Phi) is 2.97. The molecule has 2 rings (SSSR count). The number of hydrogen-bond acceptors (Lipinski definition) is 4. The van der Waals surface area contributed by atoms with Crippen LogP contribution in [0.4, 0.5) is 0 Å². The molecule has 0 atom stereocenters. The lowest BCUT2D eigenvalue weighted by Gasteiger charge is -2.13. The van der Waals surface area contributed by atoms with Gasteiger partial charge in [-0.15, -0.1) is 0 Å². The average Bonchev–Trinajstić information content (AvgIpc) is 2.34. The molecule has 86 valence electrons. The van der Waals surface area contributed by atoms with E-state index in [0.717, 1.165) is 6.08 Å². The highest BCUT2D eigenvalue weighted by molar-refractivity contribution is 6.34. The van der Waals surface area contributed by atoms with Crippen molar-refractivity contribution in [2.24, 2.45) is 5.73 Å². The molecule has 0 aromatic heterocycles. The summed E-state index contributed by atoms with van der Waals surface area (Å²) in [5, 5.41) is 0. The van der Waals surface area contributed by atoms with Crippen LogP contribution in [-0.4, -0.2) is 23.9 Å². The second-order valence-electron chi connectivity index (χ2n) is 3.76. The minimum absolute atomic E-state index is 0.0563. The molecule has 0 spiro atoms. The van der Waals surface area contributed by atoms with E-state index in [1.807, 2.05) is 0 Å². The fourth-order valence-corrected chi connectivity index (χ4v) is 1.79. The first kappa shape index (κ1) is 11.4. The maximum atomic E-state index is 12.0. The number of fused-ring (bicyclic) bond motifs is 1. The van der Waals surface area contributed by atoms with Crippen LogP contribution < -0.4 is 5.73 Å². The van der Waals surface area contributed by atoms with Gasteiger partial charge in [0.05, 0.1) is 5.57 Å². The predicted molar refractivity (Wildman–Crippen MR) is 61.9 cm³/mol. The molecule has 0 saturated heterocycles. The zero-order valence-corrected chi connectivity index (χ0v) is 9.10. The van der Waals surface area contributed by atoms with Crippen LogP contribution in [0.25, 0.3) is 0 Å². The Balaban J connectivity index is 2.45. The minimum Gasteiger partial charge on any atom is -0.330 e. The fourth-order valence-electron chi connectivity index (χ4n) is 1.79. The molecule has 4 heteroatoms. The molecule has 0 saturated carbocycles. The van der Waals surface area contributed by atoms with Gasteiger partial charge in [0.1, 0.15) is 0 Å². The van der Waals surface area contributed by atoms with Crippen molar-refractivity contribution < 1.29 is 14.4 Å². The van der Waals surface area contributed by atoms with E-state index in [-0.39, 0.29) is 30.1 Å². The number of hydrogen-bond donors (Lipinski definition) is 1. The third kappa shape index (κ3) is 1.94. The van der Waals surface area contributed by atoms with Crippen LogP contribution >= 0.6 is 0 Å². The lowest BCUT2D eigenvalue weighted by molar-refractivity contribution is -0.115. The third-order valence-corrected chi connectivity index (χ3v) is 2.63. The van der Waals surface area contributed by atoms with Gasteiger partial charge in [-0.2, -0.15) is 0 Å². The molecular formula is C13H11NO3. The van der Waals surface area contributed by atoms with E-state index < -0.39 is 5.78 Å². The monoisotopic (exact) mass is 229 g/mol. The topological polar surface area (TPSA) is 77.2 Å². The molecule has 2 N–H and O–H groups in total. The van der Waals surface area contributed by atoms with Gasteiger partial charge >= 0.3 is 0 Å². The summed E-state index contributed by atoms with van der Waals surface area (Å²) in [5.41, 5.74) is 5.85. The maximum Gasteiger partial charge on any atom is 0.197 e. The van der Waals surface area contributed by atoms with Crippen LogP contribution in [0, 0.1) is 0 Å². The van der Waals surface area contributed by atoms with Crippen LogP contribution in [0.5, 0.6) is 0 Å². The zero-order chi connectivity index (χ0) is 12.4. The van der Waals surface area contributed by atoms with Gasteiger partial charge < -0.3 is 5.73 Å². The molecule has 0 radical (unpaired) electrons. The van der Waals surface area contributed by atoms with E-state index in [1.54, 1.807) is 24.3 Å². The second kappa shape index (κ2) is 4.43. The molecule has 0 bridgehead atoms. The van der Waals surface area contributed by atoms with Crippen molar-refractivity contribution in [1.82, 2.24) is 0 Å². The van der Waals surface area contributed by atoms with Gasteiger partial charge in [0.2, 0.25) is 0 Å². The minimum atomic E-state index is -0.390. The summed E-state index contributed by atoms with van der Waals surface area (Å²) >= 11 is 0. The molecule has 1 aliphatic rings. The number of rotatable bonds is 3. The lowest BCUT2D eigenvalue weighted by atomic mass is 9.87. The summed E-state index contributed by atoms with van der Waals surface area (Å²) in [6.07, 6.45) is 1.19. The molecule has 0 heterocycles. The van der Waals surface area contributed by atoms with Crippen LogP contribution in [-0.2, 0) is 4.79 Å². The zero-order valence-electron chi connectivity index (χ0n) is 9.10. The summed E-state index contributed by atoms with van der Waals surface area (Å²) < 4.78 is 0. The summed E-state index contributed by atoms with van der Waals surface area (Å²) in [7, 11) is 0. The van der Waals surface area contributed by atoms with E-state index in [9.17, 15) is 14.4 Å². The second-order valence-corrected chi connectivity index (χ2v) is 3.76. The number of benzene rings is 1. The van der Waals surface area contributed by atoms with Gasteiger partial charge in [-0.05, 0) is 6.54 Å². The van der Waals surface area contributed by atoms with E-state index in [4.69, 9.17) is 5.73 Å². The van der Waals surface area contributed by atoms with Gasteiger partial charge in [-0.3, -0.25) is 14.4 Å². The Morgan fingerprint density at radius 2 is 1.76 bits per heavy atom. The normalized spacial score (nSPS) is 14.3. The smallest absolute Gasteiger partial charge is 0.197 e. The van der Waals surface area contributed by atoms with Crippen LogP contribution in [0.15, 0.2) is 35.9 Å². The molecule has 0 fully saturated rings. The molecule has 1 aliphatic carbocycles. The van der Waals surface area contributed by atoms with Gasteiger partial charge in [0, 0.05) is 23.6 Å². The van der Waals surface area contributed by atoms with Gasteiger partial charge in [0.15, 0.2) is 17.3 Å². The van der Waals surface area contributed by atoms with Crippen molar-refractivity contribution in [3.8, 4) is 0 Å². The van der Waals surface area contributed by atoms with E-state index in [2.05, 4.69) is 0 Å². The largest absolute Gasteiger partial charge is 0.330 e. The van der Waals surface area contributed by atoms with Crippen molar-refractivity contribution in [2.75, 3.05) is 6.54 Å². The molecule has 1 aromatic carbocycles. The Labute approximate surface area is 98.1 Å². The van der Waals surface area contributed by atoms with Crippen molar-refractivity contribution >= 4 is 17.3 Å². The first-order valence-corrected chi connectivity index (χ1v) is 5.28. The Bertz CT molecular complexity index is 543. The average molecular weight is 229 g/mol. The lowest BCUT2D eigenvalue weighted by Crippen LogP contribution is -2.23. The highest BCUT2D eigenvalue weighted by atomic mass is 16.2. The first-order valence-electron chi connectivity index (χ1n) is 5.28. The number of carbonyl (C=O) groups excluding carboxylic acids is 3. The van der Waals surface area contributed by atoms with Gasteiger partial charge in [-0.25, -0.2) is 0 Å². The Morgan fingerprint density at radius 3 is 2.41 bits per heavy atom. The summed E-state index contributed by atoms with van der Waals surface area (Å²) in [6.45, 7) is 0.166. The summed E-state index contributed by atoms with van der Waals surface area (Å²) in [4.78, 5) is 35.4.